The van der Waals surface area contributed by atoms with Crippen molar-refractivity contribution in [2.45, 2.75) is 57.0 Å². The lowest BCUT2D eigenvalue weighted by Crippen LogP contribution is -2.60. The van der Waals surface area contributed by atoms with Crippen LogP contribution < -0.4 is 27.4 Å². The highest BCUT2D eigenvalue weighted by atomic mass is 32.2. The fourth-order valence-corrected chi connectivity index (χ4v) is 2.60. The van der Waals surface area contributed by atoms with Gasteiger partial charge in [-0.2, -0.15) is 11.8 Å². The molecule has 0 bridgehead atoms. The van der Waals surface area contributed by atoms with E-state index in [0.29, 0.717) is 5.75 Å². The quantitative estimate of drug-likeness (QED) is 0.155. The molecule has 0 aliphatic carbocycles. The number of aliphatic hydroxyl groups is 1. The Bertz CT molecular complexity index is 614. The van der Waals surface area contributed by atoms with Gasteiger partial charge in [-0.1, -0.05) is 0 Å². The summed E-state index contributed by atoms with van der Waals surface area (Å²) in [6.07, 6.45) is -0.0525. The fourth-order valence-electron chi connectivity index (χ4n) is 2.13. The number of carbonyl (C=O) groups is 5. The van der Waals surface area contributed by atoms with Gasteiger partial charge >= 0.3 is 5.97 Å². The minimum Gasteiger partial charge on any atom is -0.480 e. The van der Waals surface area contributed by atoms with E-state index in [2.05, 4.69) is 16.0 Å². The summed E-state index contributed by atoms with van der Waals surface area (Å²) in [7, 11) is 0. The van der Waals surface area contributed by atoms with Gasteiger partial charge in [-0.15, -0.1) is 0 Å². The zero-order chi connectivity index (χ0) is 22.7. The topological polar surface area (TPSA) is 214 Å². The van der Waals surface area contributed by atoms with Gasteiger partial charge in [-0.3, -0.25) is 19.2 Å². The summed E-state index contributed by atoms with van der Waals surface area (Å²) in [5, 5.41) is 25.8. The first kappa shape index (κ1) is 26.6. The number of aliphatic carboxylic acids is 1. The normalized spacial score (nSPS) is 15.9. The summed E-state index contributed by atoms with van der Waals surface area (Å²) in [6.45, 7) is 2.58. The Morgan fingerprint density at radius 3 is 1.93 bits per heavy atom. The second kappa shape index (κ2) is 13.0. The van der Waals surface area contributed by atoms with Gasteiger partial charge < -0.3 is 37.6 Å². The Kier molecular flexibility index (Phi) is 11.9. The van der Waals surface area contributed by atoms with Gasteiger partial charge in [0, 0.05) is 0 Å². The Morgan fingerprint density at radius 1 is 0.966 bits per heavy atom. The summed E-state index contributed by atoms with van der Waals surface area (Å²) in [4.78, 5) is 59.1. The van der Waals surface area contributed by atoms with Gasteiger partial charge in [-0.25, -0.2) is 4.79 Å². The molecule has 0 aromatic rings. The zero-order valence-electron chi connectivity index (χ0n) is 16.5. The van der Waals surface area contributed by atoms with E-state index in [1.165, 1.54) is 25.6 Å². The smallest absolute Gasteiger partial charge is 0.326 e. The molecule has 166 valence electrons. The maximum Gasteiger partial charge on any atom is 0.326 e. The number of nitrogens with one attached hydrogen (secondary N) is 3. The first-order chi connectivity index (χ1) is 13.4. The molecular formula is C16H29N5O7S. The predicted molar refractivity (Wildman–Crippen MR) is 106 cm³/mol. The lowest BCUT2D eigenvalue weighted by Gasteiger charge is -2.26. The van der Waals surface area contributed by atoms with Crippen LogP contribution >= 0.6 is 11.8 Å². The molecule has 0 aliphatic heterocycles. The van der Waals surface area contributed by atoms with E-state index in [1.54, 1.807) is 6.26 Å². The summed E-state index contributed by atoms with van der Waals surface area (Å²) in [6, 6.07) is -5.14. The number of primary amides is 1. The second-order valence-corrected chi connectivity index (χ2v) is 7.41. The van der Waals surface area contributed by atoms with Gasteiger partial charge in [0.1, 0.15) is 18.1 Å². The van der Waals surface area contributed by atoms with E-state index in [-0.39, 0.29) is 6.42 Å². The van der Waals surface area contributed by atoms with Crippen LogP contribution in [0.2, 0.25) is 0 Å². The Balaban J connectivity index is 5.32. The van der Waals surface area contributed by atoms with Crippen molar-refractivity contribution in [3.8, 4) is 0 Å². The number of hydrogen-bond donors (Lipinski definition) is 7. The Morgan fingerprint density at radius 2 is 1.52 bits per heavy atom. The van der Waals surface area contributed by atoms with E-state index in [1.807, 2.05) is 0 Å². The molecule has 0 aromatic carbocycles. The molecule has 0 fully saturated rings. The number of carbonyl (C=O) groups excluding carboxylic acids is 4. The van der Waals surface area contributed by atoms with E-state index in [0.717, 1.165) is 0 Å². The third-order valence-electron chi connectivity index (χ3n) is 3.74. The zero-order valence-corrected chi connectivity index (χ0v) is 17.3. The van der Waals surface area contributed by atoms with E-state index in [4.69, 9.17) is 11.5 Å². The van der Waals surface area contributed by atoms with Crippen LogP contribution in [-0.2, 0) is 24.0 Å². The number of thioether (sulfide) groups is 1. The molecule has 5 atom stereocenters. The number of rotatable bonds is 13. The van der Waals surface area contributed by atoms with E-state index < -0.39 is 66.3 Å². The lowest BCUT2D eigenvalue weighted by atomic mass is 10.1. The monoisotopic (exact) mass is 435 g/mol. The highest BCUT2D eigenvalue weighted by Gasteiger charge is 2.32. The fraction of sp³-hybridized carbons (Fsp3) is 0.688. The van der Waals surface area contributed by atoms with Crippen molar-refractivity contribution in [1.29, 1.82) is 0 Å². The van der Waals surface area contributed by atoms with Gasteiger partial charge in [0.2, 0.25) is 23.6 Å². The molecule has 29 heavy (non-hydrogen) atoms. The molecule has 0 spiro atoms. The van der Waals surface area contributed by atoms with Crippen LogP contribution in [0.15, 0.2) is 0 Å². The van der Waals surface area contributed by atoms with Crippen molar-refractivity contribution in [2.75, 3.05) is 12.0 Å². The maximum absolute atomic E-state index is 12.5. The number of carboxylic acid groups (broad SMARTS) is 1. The summed E-state index contributed by atoms with van der Waals surface area (Å²) in [5.41, 5.74) is 10.5. The molecular weight excluding hydrogens is 406 g/mol. The summed E-state index contributed by atoms with van der Waals surface area (Å²) >= 11 is 1.39. The van der Waals surface area contributed by atoms with E-state index >= 15 is 0 Å². The van der Waals surface area contributed by atoms with Gasteiger partial charge in [-0.05, 0) is 32.3 Å². The van der Waals surface area contributed by atoms with Gasteiger partial charge in [0.25, 0.3) is 0 Å². The molecule has 0 saturated heterocycles. The summed E-state index contributed by atoms with van der Waals surface area (Å²) < 4.78 is 0. The molecule has 0 aliphatic rings. The Labute approximate surface area is 172 Å². The van der Waals surface area contributed by atoms with Crippen molar-refractivity contribution in [3.63, 3.8) is 0 Å². The van der Waals surface area contributed by atoms with Gasteiger partial charge in [0.05, 0.1) is 18.6 Å². The molecule has 9 N–H and O–H groups in total. The number of hydrogen-bond acceptors (Lipinski definition) is 8. The minimum atomic E-state index is -1.53. The Hall–Kier alpha value is -2.38. The van der Waals surface area contributed by atoms with Crippen molar-refractivity contribution >= 4 is 41.4 Å². The van der Waals surface area contributed by atoms with Crippen LogP contribution in [0.4, 0.5) is 0 Å². The SMILES string of the molecule is CSCCC(NC(=O)C(NC(=O)C(CC(N)=O)NC(=O)C(C)N)C(C)O)C(=O)O. The van der Waals surface area contributed by atoms with Crippen LogP contribution in [0.3, 0.4) is 0 Å². The molecule has 5 unspecified atom stereocenters. The lowest BCUT2D eigenvalue weighted by molar-refractivity contribution is -0.143. The van der Waals surface area contributed by atoms with Crippen LogP contribution in [0, 0.1) is 0 Å². The molecule has 0 rings (SSSR count). The standard InChI is InChI=1S/C16H29N5O7S/c1-7(17)13(24)20-10(6-11(18)23)14(25)21-12(8(2)22)15(26)19-9(16(27)28)4-5-29-3/h7-10,12,22H,4-6,17H2,1-3H3,(H2,18,23)(H,19,26)(H,20,24)(H,21,25)(H,27,28). The van der Waals surface area contributed by atoms with E-state index in [9.17, 15) is 34.2 Å². The average molecular weight is 436 g/mol. The highest BCUT2D eigenvalue weighted by Crippen LogP contribution is 2.04. The highest BCUT2D eigenvalue weighted by molar-refractivity contribution is 7.98. The van der Waals surface area contributed by atoms with Crippen LogP contribution in [-0.4, -0.2) is 82.1 Å². The molecule has 0 radical (unpaired) electrons. The van der Waals surface area contributed by atoms with Crippen LogP contribution in [0.5, 0.6) is 0 Å². The number of amides is 4. The largest absolute Gasteiger partial charge is 0.480 e. The molecule has 12 nitrogen and oxygen atoms in total. The third kappa shape index (κ3) is 10.1. The molecule has 0 aromatic heterocycles. The molecule has 13 heteroatoms. The van der Waals surface area contributed by atoms with Crippen molar-refractivity contribution < 1.29 is 34.2 Å². The van der Waals surface area contributed by atoms with Crippen LogP contribution in [0.1, 0.15) is 26.7 Å². The van der Waals surface area contributed by atoms with Gasteiger partial charge in [0.15, 0.2) is 0 Å². The van der Waals surface area contributed by atoms with Crippen molar-refractivity contribution in [3.05, 3.63) is 0 Å². The average Bonchev–Trinajstić information content (AvgIpc) is 2.60. The number of nitrogens with two attached hydrogens (primary N) is 2. The number of aliphatic hydroxyl groups excluding tert-OH is 1. The van der Waals surface area contributed by atoms with Crippen molar-refractivity contribution in [2.24, 2.45) is 11.5 Å². The molecule has 0 heterocycles. The first-order valence-electron chi connectivity index (χ1n) is 8.75. The molecule has 0 saturated carbocycles. The maximum atomic E-state index is 12.5. The van der Waals surface area contributed by atoms with Crippen LogP contribution in [0.25, 0.3) is 0 Å². The molecule has 4 amide bonds. The third-order valence-corrected chi connectivity index (χ3v) is 4.38. The minimum absolute atomic E-state index is 0.136. The number of carboxylic acids is 1. The second-order valence-electron chi connectivity index (χ2n) is 6.43. The first-order valence-corrected chi connectivity index (χ1v) is 10.1. The van der Waals surface area contributed by atoms with Crippen molar-refractivity contribution in [1.82, 2.24) is 16.0 Å². The predicted octanol–water partition coefficient (Wildman–Crippen LogP) is -3.12. The summed E-state index contributed by atoms with van der Waals surface area (Å²) in [5.74, 6) is -4.32.